The van der Waals surface area contributed by atoms with Gasteiger partial charge in [-0.2, -0.15) is 8.78 Å². The van der Waals surface area contributed by atoms with Crippen LogP contribution < -0.4 is 5.32 Å². The largest absolute Gasteiger partial charge is 0.324 e. The van der Waals surface area contributed by atoms with Crippen molar-refractivity contribution in [2.75, 3.05) is 11.1 Å². The molecule has 0 aliphatic heterocycles. The van der Waals surface area contributed by atoms with Crippen molar-refractivity contribution in [2.45, 2.75) is 22.5 Å². The first-order valence-electron chi connectivity index (χ1n) is 6.58. The van der Waals surface area contributed by atoms with Gasteiger partial charge in [-0.25, -0.2) is 0 Å². The van der Waals surface area contributed by atoms with Crippen LogP contribution in [0.25, 0.3) is 0 Å². The van der Waals surface area contributed by atoms with Crippen molar-refractivity contribution in [3.63, 3.8) is 0 Å². The van der Waals surface area contributed by atoms with Gasteiger partial charge >= 0.3 is 0 Å². The fourth-order valence-corrected chi connectivity index (χ4v) is 3.03. The number of halogens is 2. The Morgan fingerprint density at radius 3 is 2.50 bits per heavy atom. The van der Waals surface area contributed by atoms with Gasteiger partial charge in [0.15, 0.2) is 0 Å². The lowest BCUT2D eigenvalue weighted by Crippen LogP contribution is -2.14. The third-order valence-electron chi connectivity index (χ3n) is 2.77. The van der Waals surface area contributed by atoms with E-state index in [1.807, 2.05) is 31.2 Å². The van der Waals surface area contributed by atoms with E-state index in [1.54, 1.807) is 24.3 Å². The standard InChI is InChI=1S/C16H15F2NOS2/c1-11-6-8-12(9-7-11)21-10-15(20)19-13-4-2-3-5-14(13)22-16(17)18/h2-9,16H,10H2,1H3,(H,19,20). The first-order chi connectivity index (χ1) is 10.5. The molecule has 2 aromatic carbocycles. The minimum absolute atomic E-state index is 0.215. The summed E-state index contributed by atoms with van der Waals surface area (Å²) in [5.74, 6) is -2.50. The number of hydrogen-bond donors (Lipinski definition) is 1. The zero-order chi connectivity index (χ0) is 15.9. The quantitative estimate of drug-likeness (QED) is 0.748. The van der Waals surface area contributed by atoms with Crippen LogP contribution in [0.2, 0.25) is 0 Å². The van der Waals surface area contributed by atoms with Crippen molar-refractivity contribution >= 4 is 35.1 Å². The van der Waals surface area contributed by atoms with Crippen LogP contribution in [0.3, 0.4) is 0 Å². The molecule has 0 fully saturated rings. The number of para-hydroxylation sites is 1. The normalized spacial score (nSPS) is 10.7. The summed E-state index contributed by atoms with van der Waals surface area (Å²) in [6.07, 6.45) is 0. The van der Waals surface area contributed by atoms with Crippen LogP contribution in [-0.4, -0.2) is 17.4 Å². The number of hydrogen-bond acceptors (Lipinski definition) is 3. The van der Waals surface area contributed by atoms with E-state index in [4.69, 9.17) is 0 Å². The third-order valence-corrected chi connectivity index (χ3v) is 4.57. The fourth-order valence-electron chi connectivity index (χ4n) is 1.74. The molecule has 0 spiro atoms. The van der Waals surface area contributed by atoms with Gasteiger partial charge in [-0.05, 0) is 31.2 Å². The maximum absolute atomic E-state index is 12.5. The van der Waals surface area contributed by atoms with E-state index in [0.29, 0.717) is 22.3 Å². The monoisotopic (exact) mass is 339 g/mol. The highest BCUT2D eigenvalue weighted by Gasteiger charge is 2.11. The second kappa shape index (κ2) is 8.19. The number of nitrogens with one attached hydrogen (secondary N) is 1. The van der Waals surface area contributed by atoms with Gasteiger partial charge in [0.05, 0.1) is 11.4 Å². The third kappa shape index (κ3) is 5.35. The second-order valence-electron chi connectivity index (χ2n) is 4.52. The van der Waals surface area contributed by atoms with Gasteiger partial charge in [0, 0.05) is 9.79 Å². The molecule has 0 radical (unpaired) electrons. The molecule has 0 unspecified atom stereocenters. The van der Waals surface area contributed by atoms with Crippen molar-refractivity contribution in [1.82, 2.24) is 0 Å². The van der Waals surface area contributed by atoms with Crippen LogP contribution in [0, 0.1) is 6.92 Å². The Hall–Kier alpha value is -1.53. The molecule has 2 rings (SSSR count). The maximum Gasteiger partial charge on any atom is 0.288 e. The highest BCUT2D eigenvalue weighted by Crippen LogP contribution is 2.31. The minimum Gasteiger partial charge on any atom is -0.324 e. The van der Waals surface area contributed by atoms with Crippen LogP contribution in [0.5, 0.6) is 0 Å². The Labute approximate surface area is 136 Å². The first-order valence-corrected chi connectivity index (χ1v) is 8.44. The Bertz CT molecular complexity index is 632. The lowest BCUT2D eigenvalue weighted by Gasteiger charge is -2.10. The van der Waals surface area contributed by atoms with Crippen LogP contribution >= 0.6 is 23.5 Å². The predicted molar refractivity (Wildman–Crippen MR) is 88.8 cm³/mol. The highest BCUT2D eigenvalue weighted by molar-refractivity contribution is 8.00. The molecule has 2 aromatic rings. The molecule has 1 N–H and O–H groups in total. The number of rotatable bonds is 6. The molecular formula is C16H15F2NOS2. The lowest BCUT2D eigenvalue weighted by atomic mass is 10.2. The van der Waals surface area contributed by atoms with E-state index in [0.717, 1.165) is 10.5 Å². The number of carbonyl (C=O) groups is 1. The Morgan fingerprint density at radius 1 is 1.14 bits per heavy atom. The van der Waals surface area contributed by atoms with Gasteiger partial charge in [0.1, 0.15) is 0 Å². The average molecular weight is 339 g/mol. The molecule has 116 valence electrons. The summed E-state index contributed by atoms with van der Waals surface area (Å²) in [6, 6.07) is 14.4. The molecule has 2 nitrogen and oxygen atoms in total. The summed E-state index contributed by atoms with van der Waals surface area (Å²) in [6.45, 7) is 2.00. The number of anilines is 1. The molecule has 0 heterocycles. The van der Waals surface area contributed by atoms with Gasteiger partial charge < -0.3 is 5.32 Å². The summed E-state index contributed by atoms with van der Waals surface area (Å²) in [7, 11) is 0. The number of aryl methyl sites for hydroxylation is 1. The van der Waals surface area contributed by atoms with Gasteiger partial charge in [0.2, 0.25) is 5.91 Å². The van der Waals surface area contributed by atoms with Crippen molar-refractivity contribution in [2.24, 2.45) is 0 Å². The van der Waals surface area contributed by atoms with E-state index in [2.05, 4.69) is 5.32 Å². The molecule has 0 atom stereocenters. The van der Waals surface area contributed by atoms with Crippen molar-refractivity contribution in [3.8, 4) is 0 Å². The molecule has 0 aliphatic rings. The zero-order valence-corrected chi connectivity index (χ0v) is 13.5. The lowest BCUT2D eigenvalue weighted by molar-refractivity contribution is -0.113. The topological polar surface area (TPSA) is 29.1 Å². The van der Waals surface area contributed by atoms with Gasteiger partial charge in [-0.15, -0.1) is 11.8 Å². The number of thioether (sulfide) groups is 2. The van der Waals surface area contributed by atoms with Crippen molar-refractivity contribution in [1.29, 1.82) is 0 Å². The van der Waals surface area contributed by atoms with Crippen molar-refractivity contribution in [3.05, 3.63) is 54.1 Å². The van der Waals surface area contributed by atoms with Crippen LogP contribution in [0.1, 0.15) is 5.56 Å². The summed E-state index contributed by atoms with van der Waals surface area (Å²) in [4.78, 5) is 13.3. The summed E-state index contributed by atoms with van der Waals surface area (Å²) < 4.78 is 25.0. The minimum atomic E-state index is -2.51. The maximum atomic E-state index is 12.5. The van der Waals surface area contributed by atoms with Crippen LogP contribution in [0.15, 0.2) is 58.3 Å². The van der Waals surface area contributed by atoms with E-state index in [1.165, 1.54) is 11.8 Å². The van der Waals surface area contributed by atoms with Gasteiger partial charge in [-0.1, -0.05) is 41.6 Å². The molecule has 0 bridgehead atoms. The SMILES string of the molecule is Cc1ccc(SCC(=O)Nc2ccccc2SC(F)F)cc1. The summed E-state index contributed by atoms with van der Waals surface area (Å²) >= 11 is 1.84. The molecule has 6 heteroatoms. The highest BCUT2D eigenvalue weighted by atomic mass is 32.2. The number of amides is 1. The molecule has 0 saturated carbocycles. The Morgan fingerprint density at radius 2 is 1.82 bits per heavy atom. The molecular weight excluding hydrogens is 324 g/mol. The van der Waals surface area contributed by atoms with Crippen molar-refractivity contribution < 1.29 is 13.6 Å². The Balaban J connectivity index is 1.93. The zero-order valence-electron chi connectivity index (χ0n) is 11.9. The summed E-state index contributed by atoms with van der Waals surface area (Å²) in [5, 5.41) is 2.68. The van der Waals surface area contributed by atoms with E-state index in [-0.39, 0.29) is 11.7 Å². The predicted octanol–water partition coefficient (Wildman–Crippen LogP) is 5.04. The number of carbonyl (C=O) groups excluding carboxylic acids is 1. The van der Waals surface area contributed by atoms with E-state index < -0.39 is 5.76 Å². The molecule has 0 aromatic heterocycles. The van der Waals surface area contributed by atoms with E-state index in [9.17, 15) is 13.6 Å². The number of benzene rings is 2. The molecule has 22 heavy (non-hydrogen) atoms. The average Bonchev–Trinajstić information content (AvgIpc) is 2.48. The van der Waals surface area contributed by atoms with Crippen LogP contribution in [0.4, 0.5) is 14.5 Å². The van der Waals surface area contributed by atoms with E-state index >= 15 is 0 Å². The van der Waals surface area contributed by atoms with Crippen LogP contribution in [-0.2, 0) is 4.79 Å². The number of alkyl halides is 2. The summed E-state index contributed by atoms with van der Waals surface area (Å²) in [5.41, 5.74) is 1.58. The Kier molecular flexibility index (Phi) is 6.27. The van der Waals surface area contributed by atoms with Gasteiger partial charge in [0.25, 0.3) is 5.76 Å². The molecule has 0 saturated heterocycles. The fraction of sp³-hybridized carbons (Fsp3) is 0.188. The second-order valence-corrected chi connectivity index (χ2v) is 6.61. The molecule has 0 aliphatic carbocycles. The first kappa shape index (κ1) is 16.8. The van der Waals surface area contributed by atoms with Gasteiger partial charge in [-0.3, -0.25) is 4.79 Å². The smallest absolute Gasteiger partial charge is 0.288 e. The molecule has 1 amide bonds.